The Bertz CT molecular complexity index is 389. The van der Waals surface area contributed by atoms with E-state index in [0.29, 0.717) is 11.8 Å². The van der Waals surface area contributed by atoms with Crippen molar-refractivity contribution in [3.8, 4) is 5.75 Å². The summed E-state index contributed by atoms with van der Waals surface area (Å²) in [6.07, 6.45) is 6.53. The second-order valence-electron chi connectivity index (χ2n) is 5.51. The Balaban J connectivity index is 2.12. The maximum absolute atomic E-state index is 9.97. The molecule has 1 aliphatic heterocycles. The molecule has 18 heavy (non-hydrogen) atoms. The molecular formula is C16H25NO. The smallest absolute Gasteiger partial charge is 0.120 e. The van der Waals surface area contributed by atoms with Crippen LogP contribution in [0.15, 0.2) is 18.2 Å². The number of benzene rings is 1. The Morgan fingerprint density at radius 3 is 2.89 bits per heavy atom. The number of phenolic OH excluding ortho intramolecular Hbond substituents is 1. The molecule has 1 aliphatic rings. The van der Waals surface area contributed by atoms with Gasteiger partial charge in [0.15, 0.2) is 0 Å². The zero-order valence-electron chi connectivity index (χ0n) is 11.7. The molecule has 1 atom stereocenters. The molecule has 2 nitrogen and oxygen atoms in total. The van der Waals surface area contributed by atoms with Crippen LogP contribution in [0.2, 0.25) is 0 Å². The fourth-order valence-corrected chi connectivity index (χ4v) is 2.97. The second kappa shape index (κ2) is 6.24. The molecule has 0 spiro atoms. The SMILES string of the molecule is CCC1CCCCCN1Cc1cc(C)ccc1O. The van der Waals surface area contributed by atoms with Crippen molar-refractivity contribution in [2.24, 2.45) is 0 Å². The maximum Gasteiger partial charge on any atom is 0.120 e. The van der Waals surface area contributed by atoms with Gasteiger partial charge in [0.2, 0.25) is 0 Å². The predicted molar refractivity (Wildman–Crippen MR) is 75.8 cm³/mol. The van der Waals surface area contributed by atoms with Gasteiger partial charge < -0.3 is 5.11 Å². The summed E-state index contributed by atoms with van der Waals surface area (Å²) in [5.41, 5.74) is 2.31. The highest BCUT2D eigenvalue weighted by atomic mass is 16.3. The summed E-state index contributed by atoms with van der Waals surface area (Å²) in [5.74, 6) is 0.444. The van der Waals surface area contributed by atoms with Crippen molar-refractivity contribution in [3.05, 3.63) is 29.3 Å². The quantitative estimate of drug-likeness (QED) is 0.877. The standard InChI is InChI=1S/C16H25NO/c1-3-15-7-5-4-6-10-17(15)12-14-11-13(2)8-9-16(14)18/h8-9,11,15,18H,3-7,10,12H2,1-2H3. The highest BCUT2D eigenvalue weighted by Crippen LogP contribution is 2.25. The second-order valence-corrected chi connectivity index (χ2v) is 5.51. The lowest BCUT2D eigenvalue weighted by Gasteiger charge is -2.29. The largest absolute Gasteiger partial charge is 0.508 e. The van der Waals surface area contributed by atoms with Crippen molar-refractivity contribution >= 4 is 0 Å². The van der Waals surface area contributed by atoms with Crippen molar-refractivity contribution < 1.29 is 5.11 Å². The van der Waals surface area contributed by atoms with Gasteiger partial charge in [-0.15, -0.1) is 0 Å². The molecule has 1 saturated heterocycles. The molecular weight excluding hydrogens is 222 g/mol. The number of likely N-dealkylation sites (tertiary alicyclic amines) is 1. The van der Waals surface area contributed by atoms with Crippen LogP contribution in [0.4, 0.5) is 0 Å². The van der Waals surface area contributed by atoms with Gasteiger partial charge in [0, 0.05) is 18.2 Å². The molecule has 1 fully saturated rings. The first-order valence-corrected chi connectivity index (χ1v) is 7.23. The van der Waals surface area contributed by atoms with Crippen molar-refractivity contribution in [3.63, 3.8) is 0 Å². The van der Waals surface area contributed by atoms with E-state index in [2.05, 4.69) is 24.8 Å². The van der Waals surface area contributed by atoms with E-state index >= 15 is 0 Å². The van der Waals surface area contributed by atoms with Crippen LogP contribution in [0.3, 0.4) is 0 Å². The van der Waals surface area contributed by atoms with E-state index in [9.17, 15) is 5.11 Å². The monoisotopic (exact) mass is 247 g/mol. The van der Waals surface area contributed by atoms with E-state index in [1.165, 1.54) is 44.2 Å². The lowest BCUT2D eigenvalue weighted by atomic mass is 10.1. The molecule has 0 radical (unpaired) electrons. The van der Waals surface area contributed by atoms with Gasteiger partial charge in [-0.25, -0.2) is 0 Å². The minimum atomic E-state index is 0.444. The third kappa shape index (κ3) is 3.26. The van der Waals surface area contributed by atoms with E-state index in [0.717, 1.165) is 12.1 Å². The first-order chi connectivity index (χ1) is 8.70. The average molecular weight is 247 g/mol. The third-order valence-electron chi connectivity index (χ3n) is 4.08. The molecule has 2 rings (SSSR count). The topological polar surface area (TPSA) is 23.5 Å². The molecule has 1 heterocycles. The van der Waals surface area contributed by atoms with Crippen LogP contribution >= 0.6 is 0 Å². The fraction of sp³-hybridized carbons (Fsp3) is 0.625. The van der Waals surface area contributed by atoms with Gasteiger partial charge in [0.1, 0.15) is 5.75 Å². The summed E-state index contributed by atoms with van der Waals surface area (Å²) >= 11 is 0. The molecule has 0 aliphatic carbocycles. The van der Waals surface area contributed by atoms with Crippen LogP contribution in [-0.2, 0) is 6.54 Å². The number of phenols is 1. The van der Waals surface area contributed by atoms with Crippen molar-refractivity contribution in [2.75, 3.05) is 6.54 Å². The Labute approximate surface area is 111 Å². The first kappa shape index (κ1) is 13.4. The van der Waals surface area contributed by atoms with E-state index in [1.807, 2.05) is 12.1 Å². The number of hydrogen-bond donors (Lipinski definition) is 1. The molecule has 0 saturated carbocycles. The molecule has 0 amide bonds. The van der Waals surface area contributed by atoms with Gasteiger partial charge in [0.05, 0.1) is 0 Å². The van der Waals surface area contributed by atoms with Crippen LogP contribution < -0.4 is 0 Å². The van der Waals surface area contributed by atoms with Crippen molar-refractivity contribution in [1.29, 1.82) is 0 Å². The lowest BCUT2D eigenvalue weighted by molar-refractivity contribution is 0.184. The zero-order valence-corrected chi connectivity index (χ0v) is 11.7. The highest BCUT2D eigenvalue weighted by molar-refractivity contribution is 5.35. The summed E-state index contributed by atoms with van der Waals surface area (Å²) in [6, 6.07) is 6.60. The van der Waals surface area contributed by atoms with Gasteiger partial charge in [-0.1, -0.05) is 37.5 Å². The summed E-state index contributed by atoms with van der Waals surface area (Å²) in [4.78, 5) is 2.56. The number of aryl methyl sites for hydroxylation is 1. The Morgan fingerprint density at radius 2 is 2.11 bits per heavy atom. The maximum atomic E-state index is 9.97. The average Bonchev–Trinajstić information content (AvgIpc) is 2.59. The van der Waals surface area contributed by atoms with Gasteiger partial charge >= 0.3 is 0 Å². The van der Waals surface area contributed by atoms with E-state index < -0.39 is 0 Å². The minimum Gasteiger partial charge on any atom is -0.508 e. The third-order valence-corrected chi connectivity index (χ3v) is 4.08. The van der Waals surface area contributed by atoms with Crippen LogP contribution in [0.25, 0.3) is 0 Å². The number of rotatable bonds is 3. The first-order valence-electron chi connectivity index (χ1n) is 7.23. The molecule has 0 aromatic heterocycles. The van der Waals surface area contributed by atoms with Crippen LogP contribution in [0.1, 0.15) is 50.2 Å². The van der Waals surface area contributed by atoms with E-state index in [4.69, 9.17) is 0 Å². The summed E-state index contributed by atoms with van der Waals surface area (Å²) in [7, 11) is 0. The van der Waals surface area contributed by atoms with Gasteiger partial charge in [-0.2, -0.15) is 0 Å². The zero-order chi connectivity index (χ0) is 13.0. The van der Waals surface area contributed by atoms with Gasteiger partial charge in [-0.05, 0) is 38.8 Å². The molecule has 0 bridgehead atoms. The molecule has 1 N–H and O–H groups in total. The summed E-state index contributed by atoms with van der Waals surface area (Å²) in [6.45, 7) is 6.43. The molecule has 1 unspecified atom stereocenters. The number of aromatic hydroxyl groups is 1. The highest BCUT2D eigenvalue weighted by Gasteiger charge is 2.20. The van der Waals surface area contributed by atoms with Crippen LogP contribution in [-0.4, -0.2) is 22.6 Å². The Kier molecular flexibility index (Phi) is 4.65. The van der Waals surface area contributed by atoms with Crippen molar-refractivity contribution in [2.45, 2.75) is 58.5 Å². The minimum absolute atomic E-state index is 0.444. The molecule has 1 aromatic carbocycles. The van der Waals surface area contributed by atoms with E-state index in [1.54, 1.807) is 0 Å². The van der Waals surface area contributed by atoms with E-state index in [-0.39, 0.29) is 0 Å². The Hall–Kier alpha value is -1.02. The lowest BCUT2D eigenvalue weighted by Crippen LogP contribution is -2.33. The van der Waals surface area contributed by atoms with Crippen molar-refractivity contribution in [1.82, 2.24) is 4.90 Å². The molecule has 2 heteroatoms. The normalized spacial score (nSPS) is 21.8. The summed E-state index contributed by atoms with van der Waals surface area (Å²) < 4.78 is 0. The summed E-state index contributed by atoms with van der Waals surface area (Å²) in [5, 5.41) is 9.97. The molecule has 1 aromatic rings. The predicted octanol–water partition coefficient (Wildman–Crippen LogP) is 3.86. The Morgan fingerprint density at radius 1 is 1.28 bits per heavy atom. The number of nitrogens with zero attached hydrogens (tertiary/aromatic N) is 1. The molecule has 100 valence electrons. The van der Waals surface area contributed by atoms with Crippen LogP contribution in [0.5, 0.6) is 5.75 Å². The van der Waals surface area contributed by atoms with Crippen LogP contribution in [0, 0.1) is 6.92 Å². The number of hydrogen-bond acceptors (Lipinski definition) is 2. The fourth-order valence-electron chi connectivity index (χ4n) is 2.97. The van der Waals surface area contributed by atoms with Gasteiger partial charge in [0.25, 0.3) is 0 Å². The van der Waals surface area contributed by atoms with Gasteiger partial charge in [-0.3, -0.25) is 4.90 Å².